The number of carboxylic acid groups (broad SMARTS) is 1. The minimum atomic E-state index is -1.23. The first kappa shape index (κ1) is 24.8. The predicted octanol–water partition coefficient (Wildman–Crippen LogP) is 5.17. The van der Waals surface area contributed by atoms with Crippen molar-refractivity contribution in [3.05, 3.63) is 58.7 Å². The van der Waals surface area contributed by atoms with E-state index in [-0.39, 0.29) is 5.41 Å². The van der Waals surface area contributed by atoms with Crippen LogP contribution in [0.2, 0.25) is 0 Å². The van der Waals surface area contributed by atoms with Crippen molar-refractivity contribution in [3.8, 4) is 0 Å². The van der Waals surface area contributed by atoms with Crippen LogP contribution in [0, 0.1) is 5.41 Å². The van der Waals surface area contributed by atoms with Crippen molar-refractivity contribution in [2.24, 2.45) is 5.41 Å². The monoisotopic (exact) mass is 374 g/mol. The standard InChI is InChI=1S/C20H28O.C3H6O3/c1-16(8-6-9-17(2)13-15-21)11-12-19-18(3)10-7-14-20(19,4)5;1-2(4)3(5)6/h6,8-9,11-13,15H,7,10,14H2,1-5H3;2,4H,1H3,(H,5,6). The third kappa shape index (κ3) is 10.5. The second kappa shape index (κ2) is 12.2. The fraction of sp³-hybridized carbons (Fsp3) is 0.478. The molecule has 1 unspecified atom stereocenters. The summed E-state index contributed by atoms with van der Waals surface area (Å²) in [5.74, 6) is -1.19. The molecule has 0 heterocycles. The lowest BCUT2D eigenvalue weighted by atomic mass is 9.72. The van der Waals surface area contributed by atoms with Gasteiger partial charge in [-0.1, -0.05) is 55.4 Å². The molecule has 0 saturated carbocycles. The van der Waals surface area contributed by atoms with Crippen molar-refractivity contribution >= 4 is 12.3 Å². The molecule has 0 radical (unpaired) electrons. The Kier molecular flexibility index (Phi) is 11.2. The Morgan fingerprint density at radius 2 is 1.70 bits per heavy atom. The highest BCUT2D eigenvalue weighted by Crippen LogP contribution is 2.40. The van der Waals surface area contributed by atoms with Crippen LogP contribution in [0.3, 0.4) is 0 Å². The van der Waals surface area contributed by atoms with E-state index >= 15 is 0 Å². The molecule has 0 aromatic carbocycles. The third-order valence-electron chi connectivity index (χ3n) is 4.46. The van der Waals surface area contributed by atoms with E-state index in [0.717, 1.165) is 11.9 Å². The Labute approximate surface area is 163 Å². The molecule has 1 aliphatic rings. The van der Waals surface area contributed by atoms with Gasteiger partial charge < -0.3 is 10.2 Å². The van der Waals surface area contributed by atoms with Gasteiger partial charge in [-0.2, -0.15) is 0 Å². The largest absolute Gasteiger partial charge is 0.479 e. The number of aldehydes is 1. The maximum Gasteiger partial charge on any atom is 0.332 e. The van der Waals surface area contributed by atoms with Gasteiger partial charge in [0.2, 0.25) is 0 Å². The minimum Gasteiger partial charge on any atom is -0.479 e. The van der Waals surface area contributed by atoms with Crippen molar-refractivity contribution in [3.63, 3.8) is 0 Å². The number of rotatable bonds is 6. The van der Waals surface area contributed by atoms with E-state index in [9.17, 15) is 9.59 Å². The number of carbonyl (C=O) groups is 2. The van der Waals surface area contributed by atoms with Gasteiger partial charge in [0, 0.05) is 0 Å². The number of carboxylic acids is 1. The molecule has 0 aromatic heterocycles. The predicted molar refractivity (Wildman–Crippen MR) is 112 cm³/mol. The van der Waals surface area contributed by atoms with Crippen LogP contribution in [0.15, 0.2) is 58.7 Å². The van der Waals surface area contributed by atoms with Crippen molar-refractivity contribution in [2.45, 2.75) is 66.9 Å². The summed E-state index contributed by atoms with van der Waals surface area (Å²) in [5.41, 5.74) is 5.48. The third-order valence-corrected chi connectivity index (χ3v) is 4.46. The summed E-state index contributed by atoms with van der Waals surface area (Å²) in [6, 6.07) is 0. The van der Waals surface area contributed by atoms with E-state index in [1.165, 1.54) is 42.9 Å². The molecule has 4 heteroatoms. The van der Waals surface area contributed by atoms with Crippen LogP contribution in [0.4, 0.5) is 0 Å². The molecule has 150 valence electrons. The fourth-order valence-corrected chi connectivity index (χ4v) is 2.80. The van der Waals surface area contributed by atoms with Crippen molar-refractivity contribution in [1.29, 1.82) is 0 Å². The quantitative estimate of drug-likeness (QED) is 0.382. The average Bonchev–Trinajstić information content (AvgIpc) is 2.54. The Balaban J connectivity index is 0.000000972. The number of aliphatic hydroxyl groups is 1. The van der Waals surface area contributed by atoms with Crippen LogP contribution in [0.25, 0.3) is 0 Å². The minimum absolute atomic E-state index is 0.290. The van der Waals surface area contributed by atoms with E-state index in [2.05, 4.69) is 45.9 Å². The molecule has 4 nitrogen and oxygen atoms in total. The molecular weight excluding hydrogens is 340 g/mol. The van der Waals surface area contributed by atoms with Gasteiger partial charge in [0.05, 0.1) is 0 Å². The highest BCUT2D eigenvalue weighted by molar-refractivity contribution is 5.71. The molecular formula is C23H34O4. The Hall–Kier alpha value is -2.20. The number of allylic oxidation sites excluding steroid dienone is 10. The molecule has 1 atom stereocenters. The van der Waals surface area contributed by atoms with Gasteiger partial charge in [0.1, 0.15) is 12.4 Å². The van der Waals surface area contributed by atoms with E-state index < -0.39 is 12.1 Å². The topological polar surface area (TPSA) is 74.6 Å². The van der Waals surface area contributed by atoms with Crippen LogP contribution in [0.5, 0.6) is 0 Å². The van der Waals surface area contributed by atoms with Gasteiger partial charge in [-0.05, 0) is 69.6 Å². The zero-order valence-electron chi connectivity index (χ0n) is 17.5. The van der Waals surface area contributed by atoms with Crippen LogP contribution in [-0.4, -0.2) is 28.6 Å². The Morgan fingerprint density at radius 1 is 1.15 bits per heavy atom. The maximum atomic E-state index is 10.3. The molecule has 0 saturated heterocycles. The highest BCUT2D eigenvalue weighted by atomic mass is 16.4. The molecule has 0 bridgehead atoms. The van der Waals surface area contributed by atoms with E-state index in [4.69, 9.17) is 10.2 Å². The zero-order chi connectivity index (χ0) is 21.0. The van der Waals surface area contributed by atoms with E-state index in [0.29, 0.717) is 0 Å². The molecule has 27 heavy (non-hydrogen) atoms. The van der Waals surface area contributed by atoms with Crippen molar-refractivity contribution in [2.75, 3.05) is 0 Å². The van der Waals surface area contributed by atoms with Crippen LogP contribution in [0.1, 0.15) is 60.8 Å². The second-order valence-electron chi connectivity index (χ2n) is 7.60. The lowest BCUT2D eigenvalue weighted by Crippen LogP contribution is -2.19. The number of hydrogen-bond donors (Lipinski definition) is 2. The van der Waals surface area contributed by atoms with E-state index in [1.807, 2.05) is 19.1 Å². The molecule has 0 aromatic rings. The second-order valence-corrected chi connectivity index (χ2v) is 7.60. The average molecular weight is 375 g/mol. The molecule has 1 rings (SSSR count). The maximum absolute atomic E-state index is 10.3. The van der Waals surface area contributed by atoms with Gasteiger partial charge in [-0.25, -0.2) is 4.79 Å². The molecule has 0 fully saturated rings. The highest BCUT2D eigenvalue weighted by Gasteiger charge is 2.26. The lowest BCUT2D eigenvalue weighted by molar-refractivity contribution is -0.145. The van der Waals surface area contributed by atoms with Gasteiger partial charge in [0.25, 0.3) is 0 Å². The summed E-state index contributed by atoms with van der Waals surface area (Å²) in [6.45, 7) is 12.1. The first-order valence-electron chi connectivity index (χ1n) is 9.27. The summed E-state index contributed by atoms with van der Waals surface area (Å²) >= 11 is 0. The first-order chi connectivity index (χ1) is 12.5. The van der Waals surface area contributed by atoms with Gasteiger partial charge in [0.15, 0.2) is 0 Å². The van der Waals surface area contributed by atoms with Crippen molar-refractivity contribution in [1.82, 2.24) is 0 Å². The summed E-state index contributed by atoms with van der Waals surface area (Å²) in [4.78, 5) is 19.8. The SMILES string of the molecule is CC(C=CC=C(C)C=CC1=C(C)CCCC1(C)C)=CC=O.CC(O)C(=O)O. The van der Waals surface area contributed by atoms with Gasteiger partial charge in [-0.3, -0.25) is 4.79 Å². The first-order valence-corrected chi connectivity index (χ1v) is 9.27. The molecule has 0 spiro atoms. The summed E-state index contributed by atoms with van der Waals surface area (Å²) in [7, 11) is 0. The normalized spacial score (nSPS) is 19.1. The Bertz CT molecular complexity index is 656. The fourth-order valence-electron chi connectivity index (χ4n) is 2.80. The summed E-state index contributed by atoms with van der Waals surface area (Å²) in [5, 5.41) is 15.8. The molecule has 1 aliphatic carbocycles. The number of carbonyl (C=O) groups excluding carboxylic acids is 1. The van der Waals surface area contributed by atoms with E-state index in [1.54, 1.807) is 6.08 Å². The van der Waals surface area contributed by atoms with Crippen LogP contribution >= 0.6 is 0 Å². The summed E-state index contributed by atoms with van der Waals surface area (Å²) < 4.78 is 0. The number of aliphatic carboxylic acids is 1. The lowest BCUT2D eigenvalue weighted by Gasteiger charge is -2.32. The smallest absolute Gasteiger partial charge is 0.332 e. The molecule has 0 aliphatic heterocycles. The molecule has 0 amide bonds. The van der Waals surface area contributed by atoms with Gasteiger partial charge in [-0.15, -0.1) is 0 Å². The molecule has 2 N–H and O–H groups in total. The van der Waals surface area contributed by atoms with Crippen LogP contribution < -0.4 is 0 Å². The van der Waals surface area contributed by atoms with Gasteiger partial charge >= 0.3 is 5.97 Å². The summed E-state index contributed by atoms with van der Waals surface area (Å²) in [6.07, 6.45) is 15.4. The Morgan fingerprint density at radius 3 is 2.19 bits per heavy atom. The van der Waals surface area contributed by atoms with Crippen molar-refractivity contribution < 1.29 is 19.8 Å². The number of aliphatic hydroxyl groups excluding tert-OH is 1. The number of hydrogen-bond acceptors (Lipinski definition) is 3. The zero-order valence-corrected chi connectivity index (χ0v) is 17.5. The van der Waals surface area contributed by atoms with Crippen LogP contribution in [-0.2, 0) is 9.59 Å².